The number of carbonyl (C=O) groups excluding carboxylic acids is 2. The molecule has 0 aliphatic carbocycles. The highest BCUT2D eigenvalue weighted by Gasteiger charge is 2.49. The Morgan fingerprint density at radius 2 is 1.94 bits per heavy atom. The van der Waals surface area contributed by atoms with Crippen LogP contribution in [0.5, 0.6) is 0 Å². The third-order valence-corrected chi connectivity index (χ3v) is 8.27. The quantitative estimate of drug-likeness (QED) is 0.658. The molecular formula is C27H37N5O2. The van der Waals surface area contributed by atoms with Crippen molar-refractivity contribution < 1.29 is 9.59 Å². The van der Waals surface area contributed by atoms with Crippen LogP contribution in [-0.2, 0) is 11.3 Å². The van der Waals surface area contributed by atoms with Gasteiger partial charge >= 0.3 is 0 Å². The molecule has 7 nitrogen and oxygen atoms in total. The van der Waals surface area contributed by atoms with Crippen LogP contribution >= 0.6 is 0 Å². The van der Waals surface area contributed by atoms with Gasteiger partial charge in [-0.05, 0) is 82.5 Å². The van der Waals surface area contributed by atoms with Gasteiger partial charge in [0.2, 0.25) is 5.91 Å². The maximum atomic E-state index is 13.6. The van der Waals surface area contributed by atoms with E-state index in [1.807, 2.05) is 37.3 Å². The molecule has 1 aromatic carbocycles. The molecule has 1 aromatic heterocycles. The number of nitrogens with zero attached hydrogens (tertiary/aromatic N) is 3. The van der Waals surface area contributed by atoms with Crippen molar-refractivity contribution in [2.45, 2.75) is 70.5 Å². The average Bonchev–Trinajstić information content (AvgIpc) is 3.28. The Kier molecular flexibility index (Phi) is 6.99. The second-order valence-corrected chi connectivity index (χ2v) is 10.3. The number of likely N-dealkylation sites (tertiary alicyclic amines) is 1. The van der Waals surface area contributed by atoms with Gasteiger partial charge in [-0.1, -0.05) is 18.2 Å². The summed E-state index contributed by atoms with van der Waals surface area (Å²) in [4.78, 5) is 31.1. The van der Waals surface area contributed by atoms with Crippen LogP contribution in [0.15, 0.2) is 36.5 Å². The van der Waals surface area contributed by atoms with Gasteiger partial charge < -0.3 is 10.2 Å². The van der Waals surface area contributed by atoms with E-state index in [-0.39, 0.29) is 17.9 Å². The maximum Gasteiger partial charge on any atom is 0.254 e. The van der Waals surface area contributed by atoms with Gasteiger partial charge in [0.05, 0.1) is 6.20 Å². The molecule has 0 radical (unpaired) electrons. The van der Waals surface area contributed by atoms with Gasteiger partial charge in [-0.15, -0.1) is 0 Å². The molecule has 182 valence electrons. The van der Waals surface area contributed by atoms with E-state index in [9.17, 15) is 9.59 Å². The lowest BCUT2D eigenvalue weighted by atomic mass is 9.69. The van der Waals surface area contributed by atoms with E-state index in [0.29, 0.717) is 30.8 Å². The smallest absolute Gasteiger partial charge is 0.254 e. The molecule has 2 aromatic rings. The van der Waals surface area contributed by atoms with E-state index in [0.717, 1.165) is 36.2 Å². The number of carbonyl (C=O) groups is 2. The molecule has 3 saturated heterocycles. The van der Waals surface area contributed by atoms with E-state index in [1.54, 1.807) is 6.20 Å². The van der Waals surface area contributed by atoms with Crippen molar-refractivity contribution >= 4 is 11.8 Å². The zero-order chi connectivity index (χ0) is 23.5. The van der Waals surface area contributed by atoms with Crippen molar-refractivity contribution in [2.24, 2.45) is 11.8 Å². The number of rotatable bonds is 7. The number of piperidine rings is 3. The van der Waals surface area contributed by atoms with Crippen LogP contribution in [-0.4, -0.2) is 63.5 Å². The molecule has 3 aliphatic heterocycles. The first-order valence-electron chi connectivity index (χ1n) is 13.0. The van der Waals surface area contributed by atoms with Crippen LogP contribution in [0.3, 0.4) is 0 Å². The fourth-order valence-corrected chi connectivity index (χ4v) is 6.65. The molecule has 3 fully saturated rings. The lowest BCUT2D eigenvalue weighted by Gasteiger charge is -2.57. The Morgan fingerprint density at radius 3 is 2.71 bits per heavy atom. The molecule has 0 bridgehead atoms. The second kappa shape index (κ2) is 10.3. The van der Waals surface area contributed by atoms with E-state index >= 15 is 0 Å². The SMILES string of the molecule is Cc1[nH]ncc1CNC(=O)CCC[C@@H]1[C@H]2CCCN3CCC[C@@H](CN1C(=O)c1ccccc1)[C@@H]23. The topological polar surface area (TPSA) is 81.3 Å². The molecule has 0 unspecified atom stereocenters. The molecule has 7 heteroatoms. The average molecular weight is 464 g/mol. The number of nitrogens with one attached hydrogen (secondary N) is 2. The lowest BCUT2D eigenvalue weighted by molar-refractivity contribution is -0.121. The van der Waals surface area contributed by atoms with Crippen molar-refractivity contribution in [3.05, 3.63) is 53.3 Å². The van der Waals surface area contributed by atoms with Gasteiger partial charge in [0.1, 0.15) is 0 Å². The first-order chi connectivity index (χ1) is 16.6. The molecule has 5 rings (SSSR count). The van der Waals surface area contributed by atoms with Gasteiger partial charge in [-0.3, -0.25) is 19.6 Å². The molecule has 2 N–H and O–H groups in total. The van der Waals surface area contributed by atoms with Gasteiger partial charge in [-0.2, -0.15) is 5.10 Å². The Balaban J connectivity index is 1.27. The van der Waals surface area contributed by atoms with Crippen LogP contribution in [0.1, 0.15) is 66.6 Å². The Bertz CT molecular complexity index is 988. The van der Waals surface area contributed by atoms with Gasteiger partial charge in [0, 0.05) is 48.4 Å². The lowest BCUT2D eigenvalue weighted by Crippen LogP contribution is -2.65. The van der Waals surface area contributed by atoms with Crippen molar-refractivity contribution in [3.63, 3.8) is 0 Å². The summed E-state index contributed by atoms with van der Waals surface area (Å²) < 4.78 is 0. The number of amides is 2. The normalized spacial score (nSPS) is 26.7. The van der Waals surface area contributed by atoms with E-state index in [2.05, 4.69) is 25.3 Å². The minimum Gasteiger partial charge on any atom is -0.352 e. The number of aromatic nitrogens is 2. The molecule has 0 spiro atoms. The molecule has 3 aliphatic rings. The number of benzene rings is 1. The zero-order valence-electron chi connectivity index (χ0n) is 20.2. The molecular weight excluding hydrogens is 426 g/mol. The Hall–Kier alpha value is -2.67. The van der Waals surface area contributed by atoms with E-state index < -0.39 is 0 Å². The summed E-state index contributed by atoms with van der Waals surface area (Å²) in [7, 11) is 0. The van der Waals surface area contributed by atoms with Crippen LogP contribution in [0.2, 0.25) is 0 Å². The third kappa shape index (κ3) is 4.76. The van der Waals surface area contributed by atoms with Crippen molar-refractivity contribution in [1.29, 1.82) is 0 Å². The number of H-pyrrole nitrogens is 1. The minimum absolute atomic E-state index is 0.0677. The van der Waals surface area contributed by atoms with Gasteiger partial charge in [-0.25, -0.2) is 0 Å². The van der Waals surface area contributed by atoms with Crippen LogP contribution < -0.4 is 5.32 Å². The molecule has 2 amide bonds. The minimum atomic E-state index is 0.0677. The number of hydrogen-bond acceptors (Lipinski definition) is 4. The number of hydrogen-bond donors (Lipinski definition) is 2. The summed E-state index contributed by atoms with van der Waals surface area (Å²) in [5.41, 5.74) is 2.79. The second-order valence-electron chi connectivity index (χ2n) is 10.3. The summed E-state index contributed by atoms with van der Waals surface area (Å²) in [6.45, 7) is 5.72. The van der Waals surface area contributed by atoms with Gasteiger partial charge in [0.25, 0.3) is 5.91 Å². The summed E-state index contributed by atoms with van der Waals surface area (Å²) in [5, 5.41) is 9.95. The summed E-state index contributed by atoms with van der Waals surface area (Å²) in [5.74, 6) is 1.31. The Morgan fingerprint density at radius 1 is 1.15 bits per heavy atom. The van der Waals surface area contributed by atoms with Gasteiger partial charge in [0.15, 0.2) is 0 Å². The number of aromatic amines is 1. The monoisotopic (exact) mass is 463 g/mol. The molecule has 4 heterocycles. The highest BCUT2D eigenvalue weighted by Crippen LogP contribution is 2.43. The zero-order valence-corrected chi connectivity index (χ0v) is 20.2. The van der Waals surface area contributed by atoms with E-state index in [1.165, 1.54) is 38.8 Å². The largest absolute Gasteiger partial charge is 0.352 e. The van der Waals surface area contributed by atoms with Crippen molar-refractivity contribution in [2.75, 3.05) is 19.6 Å². The summed E-state index contributed by atoms with van der Waals surface area (Å²) >= 11 is 0. The first kappa shape index (κ1) is 23.1. The molecule has 34 heavy (non-hydrogen) atoms. The highest BCUT2D eigenvalue weighted by atomic mass is 16.2. The van der Waals surface area contributed by atoms with Crippen molar-refractivity contribution in [1.82, 2.24) is 25.3 Å². The van der Waals surface area contributed by atoms with Crippen molar-refractivity contribution in [3.8, 4) is 0 Å². The van der Waals surface area contributed by atoms with E-state index in [4.69, 9.17) is 0 Å². The first-order valence-corrected chi connectivity index (χ1v) is 13.0. The predicted octanol–water partition coefficient (Wildman–Crippen LogP) is 3.52. The van der Waals surface area contributed by atoms with Crippen LogP contribution in [0.25, 0.3) is 0 Å². The fraction of sp³-hybridized carbons (Fsp3) is 0.593. The molecule has 4 atom stereocenters. The fourth-order valence-electron chi connectivity index (χ4n) is 6.65. The van der Waals surface area contributed by atoms with Crippen LogP contribution in [0, 0.1) is 18.8 Å². The predicted molar refractivity (Wildman–Crippen MR) is 131 cm³/mol. The summed E-state index contributed by atoms with van der Waals surface area (Å²) in [6, 6.07) is 10.5. The maximum absolute atomic E-state index is 13.6. The Labute approximate surface area is 202 Å². The number of aryl methyl sites for hydroxylation is 1. The standard InChI is InChI=1S/C27H37N5O2/c1-19-22(17-29-30-19)16-28-25(33)13-5-12-24-23-11-7-15-31-14-6-10-21(26(23)31)18-32(24)27(34)20-8-3-2-4-9-20/h2-4,8-9,17,21,23-24,26H,5-7,10-16,18H2,1H3,(H,28,33)(H,29,30)/t21-,23+,24+,26-/m0/s1. The summed E-state index contributed by atoms with van der Waals surface area (Å²) in [6.07, 6.45) is 8.80. The molecule has 0 saturated carbocycles. The highest BCUT2D eigenvalue weighted by molar-refractivity contribution is 5.94. The third-order valence-electron chi connectivity index (χ3n) is 8.27. The van der Waals surface area contributed by atoms with Crippen LogP contribution in [0.4, 0.5) is 0 Å².